The van der Waals surface area contributed by atoms with Gasteiger partial charge in [-0.25, -0.2) is 0 Å². The van der Waals surface area contributed by atoms with Gasteiger partial charge in [-0.2, -0.15) is 26.3 Å². The van der Waals surface area contributed by atoms with Crippen molar-refractivity contribution < 1.29 is 26.3 Å². The fourth-order valence-electron chi connectivity index (χ4n) is 3.50. The van der Waals surface area contributed by atoms with Crippen molar-refractivity contribution in [1.29, 1.82) is 0 Å². The van der Waals surface area contributed by atoms with Crippen molar-refractivity contribution in [3.05, 3.63) is 83.9 Å². The molecule has 0 saturated carbocycles. The molecule has 2 heterocycles. The zero-order chi connectivity index (χ0) is 22.7. The van der Waals surface area contributed by atoms with Crippen molar-refractivity contribution in [3.63, 3.8) is 0 Å². The van der Waals surface area contributed by atoms with E-state index < -0.39 is 23.5 Å². The number of thiophene rings is 2. The van der Waals surface area contributed by atoms with E-state index in [1.807, 2.05) is 24.3 Å². The third-order valence-electron chi connectivity index (χ3n) is 5.15. The van der Waals surface area contributed by atoms with E-state index in [2.05, 4.69) is 0 Å². The zero-order valence-electron chi connectivity index (χ0n) is 16.0. The van der Waals surface area contributed by atoms with Crippen LogP contribution in [0, 0.1) is 0 Å². The van der Waals surface area contributed by atoms with Crippen LogP contribution in [0.25, 0.3) is 41.1 Å². The van der Waals surface area contributed by atoms with Gasteiger partial charge < -0.3 is 0 Å². The van der Waals surface area contributed by atoms with E-state index >= 15 is 0 Å². The molecule has 32 heavy (non-hydrogen) atoms. The molecule has 8 heteroatoms. The molecule has 0 aliphatic carbocycles. The fourth-order valence-corrected chi connectivity index (χ4v) is 5.70. The first-order valence-corrected chi connectivity index (χ1v) is 11.0. The van der Waals surface area contributed by atoms with E-state index in [9.17, 15) is 26.3 Å². The Kier molecular flexibility index (Phi) is 4.83. The first kappa shape index (κ1) is 21.0. The average molecular weight is 478 g/mol. The van der Waals surface area contributed by atoms with Gasteiger partial charge in [0.25, 0.3) is 0 Å². The van der Waals surface area contributed by atoms with Crippen molar-refractivity contribution in [1.82, 2.24) is 0 Å². The Balaban J connectivity index is 1.48. The predicted octanol–water partition coefficient (Wildman–Crippen LogP) is 9.49. The normalized spacial score (nSPS) is 12.7. The summed E-state index contributed by atoms with van der Waals surface area (Å²) in [5.41, 5.74) is 0.0679. The molecular weight excluding hydrogens is 466 g/mol. The molecular formula is C24H12F6S2. The number of alkyl halides is 6. The number of fused-ring (bicyclic) bond motifs is 2. The molecule has 2 aromatic heterocycles. The highest BCUT2D eigenvalue weighted by Crippen LogP contribution is 2.41. The summed E-state index contributed by atoms with van der Waals surface area (Å²) in [6.07, 6.45) is -8.73. The van der Waals surface area contributed by atoms with Crippen LogP contribution in [0.1, 0.15) is 11.1 Å². The van der Waals surface area contributed by atoms with Crippen molar-refractivity contribution in [2.45, 2.75) is 12.4 Å². The van der Waals surface area contributed by atoms with E-state index in [4.69, 9.17) is 0 Å². The number of hydrogen-bond acceptors (Lipinski definition) is 2. The van der Waals surface area contributed by atoms with Crippen LogP contribution in [0.2, 0.25) is 0 Å². The molecule has 0 saturated heterocycles. The third kappa shape index (κ3) is 3.89. The van der Waals surface area contributed by atoms with E-state index in [0.29, 0.717) is 11.1 Å². The minimum absolute atomic E-state index is 0.682. The molecule has 5 aromatic rings. The largest absolute Gasteiger partial charge is 0.416 e. The molecule has 0 aliphatic heterocycles. The molecule has 0 aliphatic rings. The summed E-state index contributed by atoms with van der Waals surface area (Å²) in [6.45, 7) is 0. The van der Waals surface area contributed by atoms with Crippen molar-refractivity contribution in [3.8, 4) is 20.9 Å². The average Bonchev–Trinajstić information content (AvgIpc) is 3.34. The van der Waals surface area contributed by atoms with Gasteiger partial charge in [0.1, 0.15) is 0 Å². The van der Waals surface area contributed by atoms with Gasteiger partial charge >= 0.3 is 12.4 Å². The summed E-state index contributed by atoms with van der Waals surface area (Å²) in [5.74, 6) is 0. The minimum atomic E-state index is -4.37. The summed E-state index contributed by atoms with van der Waals surface area (Å²) >= 11 is 2.97. The molecule has 0 bridgehead atoms. The molecule has 0 amide bonds. The van der Waals surface area contributed by atoms with Crippen LogP contribution in [-0.4, -0.2) is 0 Å². The lowest BCUT2D eigenvalue weighted by Gasteiger charge is -2.06. The van der Waals surface area contributed by atoms with Gasteiger partial charge in [0.05, 0.1) is 11.1 Å². The lowest BCUT2D eigenvalue weighted by atomic mass is 10.1. The fraction of sp³-hybridized carbons (Fsp3) is 0.0833. The van der Waals surface area contributed by atoms with Gasteiger partial charge in [0, 0.05) is 19.2 Å². The van der Waals surface area contributed by atoms with Gasteiger partial charge in [0.15, 0.2) is 0 Å². The number of rotatable bonds is 2. The lowest BCUT2D eigenvalue weighted by Crippen LogP contribution is -2.03. The van der Waals surface area contributed by atoms with Crippen LogP contribution in [-0.2, 0) is 12.4 Å². The molecule has 0 atom stereocenters. The van der Waals surface area contributed by atoms with Crippen LogP contribution >= 0.6 is 22.7 Å². The smallest absolute Gasteiger partial charge is 0.166 e. The van der Waals surface area contributed by atoms with Gasteiger partial charge in [-0.1, -0.05) is 24.3 Å². The quantitative estimate of drug-likeness (QED) is 0.222. The molecule has 5 rings (SSSR count). The highest BCUT2D eigenvalue weighted by atomic mass is 32.1. The summed E-state index contributed by atoms with van der Waals surface area (Å²) < 4.78 is 78.7. The number of benzene rings is 3. The molecule has 0 spiro atoms. The predicted molar refractivity (Wildman–Crippen MR) is 118 cm³/mol. The second kappa shape index (κ2) is 7.35. The lowest BCUT2D eigenvalue weighted by molar-refractivity contribution is -0.138. The molecule has 162 valence electrons. The standard InChI is InChI=1S/C24H12F6S2/c25-23(26,27)17-5-1-13(2-6-17)19-9-15-11-22-16(12-21(15)31-19)10-20(32-22)14-3-7-18(8-4-14)24(28,29)30/h1-12H. The Bertz CT molecular complexity index is 1260. The Morgan fingerprint density at radius 1 is 0.469 bits per heavy atom. The first-order valence-electron chi connectivity index (χ1n) is 9.40. The maximum atomic E-state index is 12.8. The summed E-state index contributed by atoms with van der Waals surface area (Å²) in [4.78, 5) is 1.74. The van der Waals surface area contributed by atoms with E-state index in [-0.39, 0.29) is 0 Å². The number of hydrogen-bond donors (Lipinski definition) is 0. The molecule has 0 nitrogen and oxygen atoms in total. The Hall–Kier alpha value is -2.84. The van der Waals surface area contributed by atoms with E-state index in [0.717, 1.165) is 54.2 Å². The highest BCUT2D eigenvalue weighted by molar-refractivity contribution is 7.23. The van der Waals surface area contributed by atoms with Crippen molar-refractivity contribution >= 4 is 42.8 Å². The molecule has 3 aromatic carbocycles. The Morgan fingerprint density at radius 2 is 0.812 bits per heavy atom. The second-order valence-corrected chi connectivity index (χ2v) is 9.47. The van der Waals surface area contributed by atoms with Crippen molar-refractivity contribution in [2.75, 3.05) is 0 Å². The van der Waals surface area contributed by atoms with Crippen LogP contribution in [0.15, 0.2) is 72.8 Å². The van der Waals surface area contributed by atoms with Crippen LogP contribution < -0.4 is 0 Å². The van der Waals surface area contributed by atoms with Gasteiger partial charge in [-0.3, -0.25) is 0 Å². The second-order valence-electron chi connectivity index (χ2n) is 7.30. The van der Waals surface area contributed by atoms with Gasteiger partial charge in [-0.05, 0) is 70.4 Å². The SMILES string of the molecule is FC(F)(F)c1ccc(-c2cc3cc4sc(-c5ccc(C(F)(F)F)cc5)cc4cc3s2)cc1. The highest BCUT2D eigenvalue weighted by Gasteiger charge is 2.30. The molecule has 0 fully saturated rings. The molecule has 0 unspecified atom stereocenters. The maximum absolute atomic E-state index is 12.8. The Labute approximate surface area is 186 Å². The topological polar surface area (TPSA) is 0 Å². The molecule has 0 radical (unpaired) electrons. The summed E-state index contributed by atoms with van der Waals surface area (Å²) in [7, 11) is 0. The van der Waals surface area contributed by atoms with Crippen LogP contribution in [0.4, 0.5) is 26.3 Å². The van der Waals surface area contributed by atoms with Gasteiger partial charge in [0.2, 0.25) is 0 Å². The van der Waals surface area contributed by atoms with Crippen molar-refractivity contribution in [2.24, 2.45) is 0 Å². The van der Waals surface area contributed by atoms with E-state index in [1.165, 1.54) is 46.9 Å². The van der Waals surface area contributed by atoms with Crippen LogP contribution in [0.5, 0.6) is 0 Å². The molecule has 0 N–H and O–H groups in total. The summed E-state index contributed by atoms with van der Waals surface area (Å²) in [6, 6.07) is 18.1. The first-order chi connectivity index (χ1) is 15.1. The zero-order valence-corrected chi connectivity index (χ0v) is 17.6. The third-order valence-corrected chi connectivity index (χ3v) is 7.44. The van der Waals surface area contributed by atoms with Crippen LogP contribution in [0.3, 0.4) is 0 Å². The summed E-state index contributed by atoms with van der Waals surface area (Å²) in [5, 5.41) is 1.94. The maximum Gasteiger partial charge on any atom is 0.416 e. The number of halogens is 6. The Morgan fingerprint density at radius 3 is 1.12 bits per heavy atom. The van der Waals surface area contributed by atoms with Gasteiger partial charge in [-0.15, -0.1) is 22.7 Å². The minimum Gasteiger partial charge on any atom is -0.166 e. The monoisotopic (exact) mass is 478 g/mol. The van der Waals surface area contributed by atoms with E-state index in [1.54, 1.807) is 0 Å².